The lowest BCUT2D eigenvalue weighted by molar-refractivity contribution is -0.384. The first-order valence-corrected chi connectivity index (χ1v) is 11.3. The van der Waals surface area contributed by atoms with Crippen LogP contribution in [-0.4, -0.2) is 58.8 Å². The van der Waals surface area contributed by atoms with Crippen LogP contribution in [0.1, 0.15) is 10.4 Å². The highest BCUT2D eigenvalue weighted by molar-refractivity contribution is 7.15. The van der Waals surface area contributed by atoms with Gasteiger partial charge in [-0.2, -0.15) is 4.98 Å². The second-order valence-electron chi connectivity index (χ2n) is 7.49. The maximum atomic E-state index is 12.8. The minimum absolute atomic E-state index is 0.117. The smallest absolute Gasteiger partial charge is 0.293 e. The van der Waals surface area contributed by atoms with E-state index in [1.807, 2.05) is 34.5 Å². The van der Waals surface area contributed by atoms with E-state index in [1.54, 1.807) is 23.8 Å². The van der Waals surface area contributed by atoms with Crippen molar-refractivity contribution >= 4 is 39.5 Å². The third-order valence-corrected chi connectivity index (χ3v) is 6.29. The van der Waals surface area contributed by atoms with E-state index in [0.29, 0.717) is 37.0 Å². The number of hydrogen-bond acceptors (Lipinski definition) is 9. The fourth-order valence-electron chi connectivity index (χ4n) is 3.75. The van der Waals surface area contributed by atoms with Crippen LogP contribution in [0.2, 0.25) is 0 Å². The summed E-state index contributed by atoms with van der Waals surface area (Å²) in [6, 6.07) is 12.0. The first-order chi connectivity index (χ1) is 16.5. The minimum atomic E-state index is -0.527. The number of methoxy groups -OCH3 is 1. The quantitative estimate of drug-likeness (QED) is 0.329. The molecule has 1 saturated heterocycles. The number of nitro benzene ring substituents is 1. The molecule has 2 aromatic carbocycles. The van der Waals surface area contributed by atoms with Crippen molar-refractivity contribution in [3.8, 4) is 17.0 Å². The monoisotopic (exact) mass is 480 g/mol. The number of thiazole rings is 1. The first kappa shape index (κ1) is 21.8. The molecule has 2 aromatic heterocycles. The molecular formula is C22H20N6O5S. The molecule has 3 heterocycles. The maximum absolute atomic E-state index is 12.8. The standard InChI is InChI=1S/C22H20N6O5S/c1-32-16-5-2-14(3-6-16)19-13-34-22-24-21(25-27(19)22)23-20(29)15-4-7-17(18(12-15)28(30)31)26-8-10-33-11-9-26/h2-7,12-13H,8-11H2,1H3,(H,23,25,29). The summed E-state index contributed by atoms with van der Waals surface area (Å²) in [5.41, 5.74) is 2.23. The van der Waals surface area contributed by atoms with Gasteiger partial charge in [0, 0.05) is 35.7 Å². The lowest BCUT2D eigenvalue weighted by Crippen LogP contribution is -2.36. The van der Waals surface area contributed by atoms with E-state index in [9.17, 15) is 14.9 Å². The number of aromatic nitrogens is 3. The van der Waals surface area contributed by atoms with Crippen LogP contribution < -0.4 is 15.0 Å². The van der Waals surface area contributed by atoms with Gasteiger partial charge in [-0.05, 0) is 36.4 Å². The molecule has 4 aromatic rings. The van der Waals surface area contributed by atoms with Gasteiger partial charge in [0.2, 0.25) is 4.96 Å². The van der Waals surface area contributed by atoms with Gasteiger partial charge in [0.1, 0.15) is 11.4 Å². The summed E-state index contributed by atoms with van der Waals surface area (Å²) < 4.78 is 12.2. The van der Waals surface area contributed by atoms with Crippen molar-refractivity contribution in [1.82, 2.24) is 14.6 Å². The largest absolute Gasteiger partial charge is 0.497 e. The molecule has 0 saturated carbocycles. The molecule has 0 bridgehead atoms. The fourth-order valence-corrected chi connectivity index (χ4v) is 4.58. The number of carbonyl (C=O) groups is 1. The third kappa shape index (κ3) is 4.16. The zero-order chi connectivity index (χ0) is 23.7. The van der Waals surface area contributed by atoms with Crippen LogP contribution in [-0.2, 0) is 4.74 Å². The molecule has 0 aliphatic carbocycles. The Kier molecular flexibility index (Phi) is 5.82. The number of nitro groups is 1. The molecule has 1 aliphatic rings. The van der Waals surface area contributed by atoms with Crippen LogP contribution >= 0.6 is 11.3 Å². The summed E-state index contributed by atoms with van der Waals surface area (Å²) in [7, 11) is 1.61. The van der Waals surface area contributed by atoms with Gasteiger partial charge in [0.05, 0.1) is 30.9 Å². The Hall–Kier alpha value is -4.03. The number of fused-ring (bicyclic) bond motifs is 1. The van der Waals surface area contributed by atoms with Crippen molar-refractivity contribution in [2.45, 2.75) is 0 Å². The van der Waals surface area contributed by atoms with Crippen molar-refractivity contribution in [2.24, 2.45) is 0 Å². The van der Waals surface area contributed by atoms with Gasteiger partial charge >= 0.3 is 0 Å². The van der Waals surface area contributed by atoms with Crippen LogP contribution in [0.4, 0.5) is 17.3 Å². The zero-order valence-corrected chi connectivity index (χ0v) is 18.9. The van der Waals surface area contributed by atoms with Crippen LogP contribution in [0.25, 0.3) is 16.2 Å². The molecule has 1 fully saturated rings. The van der Waals surface area contributed by atoms with Crippen molar-refractivity contribution in [2.75, 3.05) is 43.6 Å². The van der Waals surface area contributed by atoms with E-state index in [1.165, 1.54) is 17.4 Å². The summed E-state index contributed by atoms with van der Waals surface area (Å²) >= 11 is 1.39. The number of nitrogens with zero attached hydrogens (tertiary/aromatic N) is 5. The third-order valence-electron chi connectivity index (χ3n) is 5.48. The Morgan fingerprint density at radius 1 is 1.21 bits per heavy atom. The average Bonchev–Trinajstić information content (AvgIpc) is 3.44. The lowest BCUT2D eigenvalue weighted by Gasteiger charge is -2.28. The predicted octanol–water partition coefficient (Wildman–Crippen LogP) is 3.46. The Morgan fingerprint density at radius 3 is 2.68 bits per heavy atom. The van der Waals surface area contributed by atoms with Gasteiger partial charge in [-0.1, -0.05) is 0 Å². The number of benzene rings is 2. The number of carbonyl (C=O) groups excluding carboxylic acids is 1. The highest BCUT2D eigenvalue weighted by atomic mass is 32.1. The SMILES string of the molecule is COc1ccc(-c2csc3nc(NC(=O)c4ccc(N5CCOCC5)c([N+](=O)[O-])c4)nn23)cc1. The second-order valence-corrected chi connectivity index (χ2v) is 8.33. The van der Waals surface area contributed by atoms with E-state index in [0.717, 1.165) is 17.0 Å². The Bertz CT molecular complexity index is 1360. The number of morpholine rings is 1. The number of amides is 1. The predicted molar refractivity (Wildman–Crippen MR) is 127 cm³/mol. The molecule has 0 unspecified atom stereocenters. The van der Waals surface area contributed by atoms with E-state index in [4.69, 9.17) is 9.47 Å². The number of anilines is 2. The fraction of sp³-hybridized carbons (Fsp3) is 0.227. The Labute approximate surface area is 197 Å². The number of rotatable bonds is 6. The molecule has 1 N–H and O–H groups in total. The van der Waals surface area contributed by atoms with E-state index in [-0.39, 0.29) is 17.2 Å². The molecule has 34 heavy (non-hydrogen) atoms. The molecule has 1 aliphatic heterocycles. The normalized spacial score (nSPS) is 13.7. The zero-order valence-electron chi connectivity index (χ0n) is 18.1. The Morgan fingerprint density at radius 2 is 1.97 bits per heavy atom. The molecule has 174 valence electrons. The van der Waals surface area contributed by atoms with E-state index < -0.39 is 10.8 Å². The van der Waals surface area contributed by atoms with Crippen LogP contribution in [0, 0.1) is 10.1 Å². The summed E-state index contributed by atoms with van der Waals surface area (Å²) in [6.07, 6.45) is 0. The lowest BCUT2D eigenvalue weighted by atomic mass is 10.1. The number of ether oxygens (including phenoxy) is 2. The molecule has 0 spiro atoms. The maximum Gasteiger partial charge on any atom is 0.293 e. The summed E-state index contributed by atoms with van der Waals surface area (Å²) in [6.45, 7) is 2.11. The molecule has 1 amide bonds. The summed E-state index contributed by atoms with van der Waals surface area (Å²) in [4.78, 5) is 30.9. The molecule has 0 radical (unpaired) electrons. The van der Waals surface area contributed by atoms with Gasteiger partial charge in [-0.3, -0.25) is 20.2 Å². The Balaban J connectivity index is 1.38. The molecule has 11 nitrogen and oxygen atoms in total. The molecule has 12 heteroatoms. The van der Waals surface area contributed by atoms with Gasteiger partial charge in [0.15, 0.2) is 0 Å². The van der Waals surface area contributed by atoms with Crippen LogP contribution in [0.5, 0.6) is 5.75 Å². The van der Waals surface area contributed by atoms with Crippen LogP contribution in [0.3, 0.4) is 0 Å². The van der Waals surface area contributed by atoms with E-state index >= 15 is 0 Å². The highest BCUT2D eigenvalue weighted by Crippen LogP contribution is 2.31. The van der Waals surface area contributed by atoms with Crippen molar-refractivity contribution in [1.29, 1.82) is 0 Å². The molecular weight excluding hydrogens is 460 g/mol. The number of nitrogens with one attached hydrogen (secondary N) is 1. The van der Waals surface area contributed by atoms with Crippen LogP contribution in [0.15, 0.2) is 47.8 Å². The van der Waals surface area contributed by atoms with Gasteiger partial charge < -0.3 is 14.4 Å². The van der Waals surface area contributed by atoms with Crippen molar-refractivity contribution in [3.05, 3.63) is 63.5 Å². The summed E-state index contributed by atoms with van der Waals surface area (Å²) in [5.74, 6) is 0.336. The minimum Gasteiger partial charge on any atom is -0.497 e. The topological polar surface area (TPSA) is 124 Å². The van der Waals surface area contributed by atoms with Gasteiger partial charge in [-0.25, -0.2) is 4.52 Å². The van der Waals surface area contributed by atoms with E-state index in [2.05, 4.69) is 15.4 Å². The molecule has 5 rings (SSSR count). The second kappa shape index (κ2) is 9.08. The average molecular weight is 481 g/mol. The molecule has 0 atom stereocenters. The highest BCUT2D eigenvalue weighted by Gasteiger charge is 2.24. The summed E-state index contributed by atoms with van der Waals surface area (Å²) in [5, 5.41) is 20.6. The van der Waals surface area contributed by atoms with Crippen molar-refractivity contribution in [3.63, 3.8) is 0 Å². The van der Waals surface area contributed by atoms with Gasteiger partial charge in [-0.15, -0.1) is 16.4 Å². The number of hydrogen-bond donors (Lipinski definition) is 1. The van der Waals surface area contributed by atoms with Gasteiger partial charge in [0.25, 0.3) is 17.5 Å². The van der Waals surface area contributed by atoms with Crippen molar-refractivity contribution < 1.29 is 19.2 Å². The first-order valence-electron chi connectivity index (χ1n) is 10.4.